The number of fused-ring (bicyclic) bond motifs is 3. The number of rotatable bonds is 5. The Labute approximate surface area is 191 Å². The van der Waals surface area contributed by atoms with E-state index in [1.54, 1.807) is 7.11 Å². The molecule has 1 aliphatic carbocycles. The van der Waals surface area contributed by atoms with Crippen LogP contribution in [0.4, 0.5) is 11.5 Å². The monoisotopic (exact) mass is 459 g/mol. The number of methoxy groups -OCH3 is 1. The lowest BCUT2D eigenvalue weighted by atomic mass is 9.89. The largest absolute Gasteiger partial charge is 0.495 e. The summed E-state index contributed by atoms with van der Waals surface area (Å²) in [4.78, 5) is 14.1. The molecule has 6 nitrogen and oxygen atoms in total. The lowest BCUT2D eigenvalue weighted by Crippen LogP contribution is -3.12. The van der Waals surface area contributed by atoms with Crippen LogP contribution in [0.1, 0.15) is 29.6 Å². The summed E-state index contributed by atoms with van der Waals surface area (Å²) in [5.41, 5.74) is 2.32. The molecule has 164 valence electrons. The zero-order chi connectivity index (χ0) is 21.4. The van der Waals surface area contributed by atoms with Crippen LogP contribution in [0.25, 0.3) is 10.2 Å². The molecule has 1 aliphatic heterocycles. The van der Waals surface area contributed by atoms with Gasteiger partial charge >= 0.3 is 0 Å². The molecule has 0 bridgehead atoms. The van der Waals surface area contributed by atoms with E-state index in [1.165, 1.54) is 27.1 Å². The van der Waals surface area contributed by atoms with E-state index in [1.807, 2.05) is 29.5 Å². The second-order valence-electron chi connectivity index (χ2n) is 8.53. The number of aromatic nitrogens is 2. The molecule has 2 N–H and O–H groups in total. The maximum Gasteiger partial charge on any atom is 0.187 e. The van der Waals surface area contributed by atoms with Crippen molar-refractivity contribution in [2.24, 2.45) is 5.92 Å². The number of benzene rings is 1. The van der Waals surface area contributed by atoms with Gasteiger partial charge in [0, 0.05) is 10.6 Å². The number of nitrogens with one attached hydrogen (secondary N) is 2. The summed E-state index contributed by atoms with van der Waals surface area (Å²) < 4.78 is 10.8. The van der Waals surface area contributed by atoms with Crippen molar-refractivity contribution >= 4 is 44.7 Å². The molecular weight excluding hydrogens is 432 g/mol. The van der Waals surface area contributed by atoms with Crippen LogP contribution >= 0.6 is 22.9 Å². The first-order valence-electron chi connectivity index (χ1n) is 10.9. The van der Waals surface area contributed by atoms with Gasteiger partial charge in [0.2, 0.25) is 0 Å². The normalized spacial score (nSPS) is 19.4. The first-order chi connectivity index (χ1) is 15.1. The van der Waals surface area contributed by atoms with Crippen molar-refractivity contribution in [2.75, 3.05) is 38.7 Å². The molecule has 0 unspecified atom stereocenters. The highest BCUT2D eigenvalue weighted by atomic mass is 35.5. The fraction of sp³-hybridized carbons (Fsp3) is 0.478. The maximum absolute atomic E-state index is 6.37. The highest BCUT2D eigenvalue weighted by Gasteiger charge is 2.25. The molecule has 0 spiro atoms. The zero-order valence-electron chi connectivity index (χ0n) is 18.0. The van der Waals surface area contributed by atoms with Crippen molar-refractivity contribution in [1.82, 2.24) is 9.97 Å². The minimum Gasteiger partial charge on any atom is -0.495 e. The Hall–Kier alpha value is -1.93. The van der Waals surface area contributed by atoms with E-state index < -0.39 is 0 Å². The number of morpholine rings is 1. The van der Waals surface area contributed by atoms with Gasteiger partial charge in [-0.3, -0.25) is 0 Å². The fourth-order valence-corrected chi connectivity index (χ4v) is 6.16. The van der Waals surface area contributed by atoms with E-state index in [0.29, 0.717) is 10.8 Å². The van der Waals surface area contributed by atoms with E-state index >= 15 is 0 Å². The predicted octanol–water partition coefficient (Wildman–Crippen LogP) is 3.64. The number of aryl methyl sites for hydroxylation is 1. The number of hydrogen-bond acceptors (Lipinski definition) is 6. The third kappa shape index (κ3) is 4.37. The van der Waals surface area contributed by atoms with Gasteiger partial charge in [0.15, 0.2) is 5.82 Å². The van der Waals surface area contributed by atoms with Crippen LogP contribution in [0.15, 0.2) is 18.2 Å². The Morgan fingerprint density at radius 1 is 1.29 bits per heavy atom. The SMILES string of the molecule is COc1ccc(Nc2nc(C[NH+]3CCOCC3)nc3sc4c(c23)CC[C@H](C)C4)cc1Cl. The second-order valence-corrected chi connectivity index (χ2v) is 10.0. The van der Waals surface area contributed by atoms with Gasteiger partial charge in [-0.15, -0.1) is 11.3 Å². The molecule has 1 saturated heterocycles. The summed E-state index contributed by atoms with van der Waals surface area (Å²) in [6.07, 6.45) is 3.44. The summed E-state index contributed by atoms with van der Waals surface area (Å²) in [7, 11) is 1.63. The summed E-state index contributed by atoms with van der Waals surface area (Å²) in [6, 6.07) is 5.75. The number of anilines is 2. The highest BCUT2D eigenvalue weighted by Crippen LogP contribution is 2.41. The van der Waals surface area contributed by atoms with Gasteiger partial charge in [0.05, 0.1) is 30.7 Å². The lowest BCUT2D eigenvalue weighted by molar-refractivity contribution is -0.922. The molecule has 2 aromatic heterocycles. The van der Waals surface area contributed by atoms with Gasteiger partial charge in [0.25, 0.3) is 0 Å². The average Bonchev–Trinajstić information content (AvgIpc) is 3.12. The van der Waals surface area contributed by atoms with Gasteiger partial charge in [0.1, 0.15) is 36.0 Å². The number of ether oxygens (including phenoxy) is 2. The van der Waals surface area contributed by atoms with Crippen LogP contribution in [0.2, 0.25) is 5.02 Å². The molecule has 1 atom stereocenters. The van der Waals surface area contributed by atoms with Crippen LogP contribution in [-0.4, -0.2) is 43.4 Å². The van der Waals surface area contributed by atoms with E-state index in [9.17, 15) is 0 Å². The van der Waals surface area contributed by atoms with Crippen molar-refractivity contribution < 1.29 is 14.4 Å². The fourth-order valence-electron chi connectivity index (χ4n) is 4.50. The number of thiophene rings is 1. The molecular formula is C23H28ClN4O2S+. The first-order valence-corrected chi connectivity index (χ1v) is 12.1. The van der Waals surface area contributed by atoms with Crippen molar-refractivity contribution in [3.8, 4) is 5.75 Å². The summed E-state index contributed by atoms with van der Waals surface area (Å²) in [5.74, 6) is 3.17. The second kappa shape index (κ2) is 8.90. The van der Waals surface area contributed by atoms with Crippen LogP contribution in [0.3, 0.4) is 0 Å². The summed E-state index contributed by atoms with van der Waals surface area (Å²) >= 11 is 8.22. The molecule has 0 radical (unpaired) electrons. The standard InChI is InChI=1S/C23H27ClN4O2S/c1-14-3-5-16-19(11-14)31-23-21(16)22(25-15-4-6-18(29-2)17(24)12-15)26-20(27-23)13-28-7-9-30-10-8-28/h4,6,12,14H,3,5,7-11,13H2,1-2H3,(H,25,26,27)/p+1/t14-/m0/s1. The van der Waals surface area contributed by atoms with Crippen LogP contribution in [0, 0.1) is 5.92 Å². The van der Waals surface area contributed by atoms with E-state index in [2.05, 4.69) is 12.2 Å². The summed E-state index contributed by atoms with van der Waals surface area (Å²) in [6.45, 7) is 6.75. The molecule has 0 saturated carbocycles. The molecule has 31 heavy (non-hydrogen) atoms. The number of nitrogens with zero attached hydrogens (tertiary/aromatic N) is 2. The number of quaternary nitrogens is 1. The molecule has 5 rings (SSSR count). The Bertz CT molecular complexity index is 1100. The van der Waals surface area contributed by atoms with Gasteiger partial charge in [-0.2, -0.15) is 0 Å². The topological polar surface area (TPSA) is 60.7 Å². The minimum atomic E-state index is 0.581. The van der Waals surface area contributed by atoms with E-state index in [4.69, 9.17) is 31.0 Å². The van der Waals surface area contributed by atoms with Crippen molar-refractivity contribution in [2.45, 2.75) is 32.7 Å². The molecule has 1 fully saturated rings. The average molecular weight is 460 g/mol. The Kier molecular flexibility index (Phi) is 6.01. The highest BCUT2D eigenvalue weighted by molar-refractivity contribution is 7.19. The lowest BCUT2D eigenvalue weighted by Gasteiger charge is -2.23. The van der Waals surface area contributed by atoms with Gasteiger partial charge in [-0.25, -0.2) is 9.97 Å². The quantitative estimate of drug-likeness (QED) is 0.610. The number of hydrogen-bond donors (Lipinski definition) is 2. The zero-order valence-corrected chi connectivity index (χ0v) is 19.5. The molecule has 1 aromatic carbocycles. The van der Waals surface area contributed by atoms with Gasteiger partial charge < -0.3 is 19.7 Å². The summed E-state index contributed by atoms with van der Waals surface area (Å²) in [5, 5.41) is 5.31. The van der Waals surface area contributed by atoms with Crippen molar-refractivity contribution in [3.05, 3.63) is 39.5 Å². The van der Waals surface area contributed by atoms with E-state index in [0.717, 1.165) is 73.8 Å². The van der Waals surface area contributed by atoms with Crippen LogP contribution in [0.5, 0.6) is 5.75 Å². The van der Waals surface area contributed by atoms with Crippen LogP contribution < -0.4 is 15.0 Å². The van der Waals surface area contributed by atoms with Crippen molar-refractivity contribution in [1.29, 1.82) is 0 Å². The molecule has 3 heterocycles. The molecule has 8 heteroatoms. The third-order valence-electron chi connectivity index (χ3n) is 6.22. The Morgan fingerprint density at radius 3 is 2.90 bits per heavy atom. The smallest absolute Gasteiger partial charge is 0.187 e. The van der Waals surface area contributed by atoms with Gasteiger partial charge in [-0.05, 0) is 48.9 Å². The van der Waals surface area contributed by atoms with E-state index in [-0.39, 0.29) is 0 Å². The Balaban J connectivity index is 1.55. The molecule has 2 aliphatic rings. The third-order valence-corrected chi connectivity index (χ3v) is 7.67. The maximum atomic E-state index is 6.37. The van der Waals surface area contributed by atoms with Crippen LogP contribution in [-0.2, 0) is 24.1 Å². The Morgan fingerprint density at radius 2 is 2.13 bits per heavy atom. The molecule has 3 aromatic rings. The minimum absolute atomic E-state index is 0.581. The first kappa shape index (κ1) is 20.9. The van der Waals surface area contributed by atoms with Gasteiger partial charge in [-0.1, -0.05) is 18.5 Å². The predicted molar refractivity (Wildman–Crippen MR) is 125 cm³/mol. The molecule has 0 amide bonds. The number of halogens is 1. The van der Waals surface area contributed by atoms with Crippen molar-refractivity contribution in [3.63, 3.8) is 0 Å².